The van der Waals surface area contributed by atoms with Crippen molar-refractivity contribution >= 4 is 14.4 Å². The molecule has 0 saturated carbocycles. The Morgan fingerprint density at radius 1 is 1.14 bits per heavy atom. The molecule has 8 nitrogen and oxygen atoms in total. The number of hydrogen-bond acceptors (Lipinski definition) is 7. The fraction of sp³-hybridized carbons (Fsp3) is 0.842. The molecule has 9 heteroatoms. The van der Waals surface area contributed by atoms with Gasteiger partial charge in [-0.15, -0.1) is 0 Å². The predicted octanol–water partition coefficient (Wildman–Crippen LogP) is 3.76. The van der Waals surface area contributed by atoms with E-state index in [9.17, 15) is 4.79 Å². The lowest BCUT2D eigenvalue weighted by Crippen LogP contribution is -2.44. The first-order valence-corrected chi connectivity index (χ1v) is 12.6. The summed E-state index contributed by atoms with van der Waals surface area (Å²) < 4.78 is 29.2. The Kier molecular flexibility index (Phi) is 6.17. The zero-order valence-corrected chi connectivity index (χ0v) is 19.8. The maximum Gasteiger partial charge on any atom is 0.426 e. The molecule has 0 spiro atoms. The average Bonchev–Trinajstić information content (AvgIpc) is 2.91. The van der Waals surface area contributed by atoms with Crippen molar-refractivity contribution in [1.82, 2.24) is 10.9 Å². The van der Waals surface area contributed by atoms with Crippen LogP contribution in [0.2, 0.25) is 18.1 Å². The van der Waals surface area contributed by atoms with Crippen LogP contribution in [0, 0.1) is 0 Å². The van der Waals surface area contributed by atoms with E-state index in [0.717, 1.165) is 0 Å². The molecule has 1 saturated heterocycles. The lowest BCUT2D eigenvalue weighted by Gasteiger charge is -2.36. The van der Waals surface area contributed by atoms with Crippen molar-refractivity contribution in [2.24, 2.45) is 0 Å². The van der Waals surface area contributed by atoms with Gasteiger partial charge in [0.1, 0.15) is 17.1 Å². The molecule has 2 N–H and O–H groups in total. The first-order chi connectivity index (χ1) is 12.5. The Bertz CT molecular complexity index is 633. The summed E-state index contributed by atoms with van der Waals surface area (Å²) in [5.74, 6) is -0.216. The minimum atomic E-state index is -1.98. The molecular weight excluding hydrogens is 380 g/mol. The number of carbonyl (C=O) groups excluding carboxylic acids is 1. The van der Waals surface area contributed by atoms with Gasteiger partial charge in [-0.05, 0) is 52.8 Å². The van der Waals surface area contributed by atoms with Gasteiger partial charge < -0.3 is 23.4 Å². The molecule has 0 radical (unpaired) electrons. The summed E-state index contributed by atoms with van der Waals surface area (Å²) in [4.78, 5) is 12.0. The number of nitrogens with one attached hydrogen (secondary N) is 2. The Morgan fingerprint density at radius 2 is 1.75 bits per heavy atom. The number of hydrogen-bond donors (Lipinski definition) is 2. The third-order valence-corrected chi connectivity index (χ3v) is 9.45. The van der Waals surface area contributed by atoms with Crippen molar-refractivity contribution in [3.8, 4) is 0 Å². The van der Waals surface area contributed by atoms with Crippen LogP contribution in [0.1, 0.15) is 55.4 Å². The van der Waals surface area contributed by atoms with Crippen LogP contribution in [0.25, 0.3) is 0 Å². The summed E-state index contributed by atoms with van der Waals surface area (Å²) in [5.41, 5.74) is 5.43. The quantitative estimate of drug-likeness (QED) is 0.521. The largest absolute Gasteiger partial charge is 0.461 e. The Hall–Kier alpha value is -1.29. The van der Waals surface area contributed by atoms with Crippen molar-refractivity contribution in [2.45, 2.75) is 97.3 Å². The van der Waals surface area contributed by atoms with Crippen molar-refractivity contribution in [2.75, 3.05) is 6.61 Å². The fourth-order valence-corrected chi connectivity index (χ4v) is 3.44. The van der Waals surface area contributed by atoms with Gasteiger partial charge in [0, 0.05) is 0 Å². The standard InChI is InChI=1S/C19H36N2O6Si/c1-17(2,3)27-16(22)21-20-13-12(11-23-28(9,10)18(4,5)6)24-15-14(13)25-19(7,8)26-15/h14-15,20H,11H2,1-10H3,(H,21,22)/t14-,15+/m1/s1. The van der Waals surface area contributed by atoms with Gasteiger partial charge in [0.15, 0.2) is 20.2 Å². The van der Waals surface area contributed by atoms with Crippen molar-refractivity contribution < 1.29 is 28.2 Å². The van der Waals surface area contributed by atoms with Gasteiger partial charge >= 0.3 is 6.09 Å². The zero-order chi connectivity index (χ0) is 21.5. The second kappa shape index (κ2) is 7.51. The van der Waals surface area contributed by atoms with Crippen LogP contribution in [0.5, 0.6) is 0 Å². The number of amides is 1. The molecule has 2 rings (SSSR count). The molecule has 2 aliphatic rings. The summed E-state index contributed by atoms with van der Waals surface area (Å²) in [6.07, 6.45) is -1.66. The van der Waals surface area contributed by atoms with Crippen LogP contribution in [0.4, 0.5) is 4.79 Å². The highest BCUT2D eigenvalue weighted by atomic mass is 28.4. The number of rotatable bonds is 5. The van der Waals surface area contributed by atoms with Crippen LogP contribution in [0.15, 0.2) is 11.5 Å². The molecule has 1 fully saturated rings. The van der Waals surface area contributed by atoms with Gasteiger partial charge in [-0.3, -0.25) is 5.43 Å². The molecule has 1 amide bonds. The molecule has 2 heterocycles. The Labute approximate surface area is 169 Å². The molecule has 0 aromatic rings. The molecule has 0 bridgehead atoms. The number of ether oxygens (including phenoxy) is 4. The highest BCUT2D eigenvalue weighted by molar-refractivity contribution is 6.74. The van der Waals surface area contributed by atoms with E-state index in [-0.39, 0.29) is 11.6 Å². The van der Waals surface area contributed by atoms with Crippen LogP contribution < -0.4 is 10.9 Å². The van der Waals surface area contributed by atoms with E-state index in [1.165, 1.54) is 0 Å². The van der Waals surface area contributed by atoms with E-state index in [1.807, 2.05) is 13.8 Å². The van der Waals surface area contributed by atoms with Crippen LogP contribution in [-0.4, -0.2) is 44.8 Å². The monoisotopic (exact) mass is 416 g/mol. The smallest absolute Gasteiger partial charge is 0.426 e. The SMILES string of the molecule is CC(C)(C)OC(=O)NNC1=C(CO[Si](C)(C)C(C)(C)C)O[C@H]2OC(C)(C)O[C@H]12. The lowest BCUT2D eigenvalue weighted by molar-refractivity contribution is -0.183. The average molecular weight is 417 g/mol. The number of carbonyl (C=O) groups is 1. The molecule has 28 heavy (non-hydrogen) atoms. The highest BCUT2D eigenvalue weighted by Gasteiger charge is 2.51. The molecule has 2 atom stereocenters. The summed E-state index contributed by atoms with van der Waals surface area (Å²) in [7, 11) is -1.98. The van der Waals surface area contributed by atoms with Crippen molar-refractivity contribution in [3.05, 3.63) is 11.5 Å². The van der Waals surface area contributed by atoms with Crippen LogP contribution in [-0.2, 0) is 23.4 Å². The normalized spacial score (nSPS) is 24.6. The Morgan fingerprint density at radius 3 is 2.29 bits per heavy atom. The molecular formula is C19H36N2O6Si. The van der Waals surface area contributed by atoms with Crippen molar-refractivity contribution in [3.63, 3.8) is 0 Å². The Balaban J connectivity index is 2.13. The predicted molar refractivity (Wildman–Crippen MR) is 108 cm³/mol. The summed E-state index contributed by atoms with van der Waals surface area (Å²) >= 11 is 0. The van der Waals surface area contributed by atoms with Gasteiger partial charge in [0.25, 0.3) is 0 Å². The second-order valence-electron chi connectivity index (χ2n) is 10.2. The molecule has 2 aliphatic heterocycles. The van der Waals surface area contributed by atoms with E-state index in [2.05, 4.69) is 44.7 Å². The molecule has 0 aromatic heterocycles. The summed E-state index contributed by atoms with van der Waals surface area (Å²) in [6, 6.07) is 0. The molecule has 0 aromatic carbocycles. The van der Waals surface area contributed by atoms with Crippen LogP contribution >= 0.6 is 0 Å². The van der Waals surface area contributed by atoms with Gasteiger partial charge in [-0.25, -0.2) is 10.2 Å². The molecule has 0 aliphatic carbocycles. The van der Waals surface area contributed by atoms with E-state index < -0.39 is 38.2 Å². The molecule has 0 unspecified atom stereocenters. The minimum Gasteiger partial charge on any atom is -0.461 e. The third kappa shape index (κ3) is 5.62. The van der Waals surface area contributed by atoms with E-state index in [4.69, 9.17) is 23.4 Å². The first kappa shape index (κ1) is 23.0. The van der Waals surface area contributed by atoms with Gasteiger partial charge in [0.05, 0.1) is 6.61 Å². The summed E-state index contributed by atoms with van der Waals surface area (Å²) in [5, 5.41) is 0.0688. The maximum atomic E-state index is 12.0. The van der Waals surface area contributed by atoms with E-state index in [0.29, 0.717) is 11.5 Å². The second-order valence-corrected chi connectivity index (χ2v) is 15.0. The lowest BCUT2D eigenvalue weighted by atomic mass is 10.2. The van der Waals surface area contributed by atoms with E-state index in [1.54, 1.807) is 20.8 Å². The fourth-order valence-electron chi connectivity index (χ4n) is 2.51. The topological polar surface area (TPSA) is 87.3 Å². The van der Waals surface area contributed by atoms with Gasteiger partial charge in [-0.2, -0.15) is 0 Å². The third-order valence-electron chi connectivity index (χ3n) is 4.97. The summed E-state index contributed by atoms with van der Waals surface area (Å²) in [6.45, 7) is 20.2. The van der Waals surface area contributed by atoms with Crippen molar-refractivity contribution in [1.29, 1.82) is 0 Å². The minimum absolute atomic E-state index is 0.0688. The highest BCUT2D eigenvalue weighted by Crippen LogP contribution is 2.40. The molecule has 162 valence electrons. The van der Waals surface area contributed by atoms with Gasteiger partial charge in [0.2, 0.25) is 6.29 Å². The van der Waals surface area contributed by atoms with Gasteiger partial charge in [-0.1, -0.05) is 20.8 Å². The number of fused-ring (bicyclic) bond motifs is 1. The maximum absolute atomic E-state index is 12.0. The first-order valence-electron chi connectivity index (χ1n) is 9.65. The zero-order valence-electron chi connectivity index (χ0n) is 18.8. The van der Waals surface area contributed by atoms with E-state index >= 15 is 0 Å². The van der Waals surface area contributed by atoms with Crippen LogP contribution in [0.3, 0.4) is 0 Å². The number of hydrazine groups is 1.